The lowest BCUT2D eigenvalue weighted by Crippen LogP contribution is -2.34. The highest BCUT2D eigenvalue weighted by Gasteiger charge is 2.25. The highest BCUT2D eigenvalue weighted by atomic mass is 16.5. The second-order valence-corrected chi connectivity index (χ2v) is 5.23. The summed E-state index contributed by atoms with van der Waals surface area (Å²) < 4.78 is 7.09. The summed E-state index contributed by atoms with van der Waals surface area (Å²) in [6.45, 7) is 0.368. The monoisotopic (exact) mass is 310 g/mol. The van der Waals surface area contributed by atoms with Gasteiger partial charge in [0.25, 0.3) is 5.91 Å². The molecule has 23 heavy (non-hydrogen) atoms. The maximum absolute atomic E-state index is 12.8. The Bertz CT molecular complexity index is 767. The Morgan fingerprint density at radius 1 is 1.30 bits per heavy atom. The minimum Gasteiger partial charge on any atom is -0.382 e. The molecular formula is C17H18N4O2. The van der Waals surface area contributed by atoms with Crippen LogP contribution in [0.5, 0.6) is 0 Å². The van der Waals surface area contributed by atoms with Crippen LogP contribution in [0.2, 0.25) is 0 Å². The molecule has 0 aliphatic carbocycles. The molecule has 0 radical (unpaired) electrons. The van der Waals surface area contributed by atoms with Crippen molar-refractivity contribution >= 4 is 11.6 Å². The van der Waals surface area contributed by atoms with Gasteiger partial charge in [-0.05, 0) is 24.3 Å². The number of fused-ring (bicyclic) bond motifs is 1. The summed E-state index contributed by atoms with van der Waals surface area (Å²) in [6.07, 6.45) is 5.31. The normalized spacial score (nSPS) is 12.3. The van der Waals surface area contributed by atoms with E-state index >= 15 is 0 Å². The molecule has 118 valence electrons. The molecule has 6 nitrogen and oxygen atoms in total. The van der Waals surface area contributed by atoms with Gasteiger partial charge in [0.1, 0.15) is 11.3 Å². The van der Waals surface area contributed by atoms with Crippen molar-refractivity contribution in [1.82, 2.24) is 19.3 Å². The highest BCUT2D eigenvalue weighted by Crippen LogP contribution is 2.20. The first-order valence-electron chi connectivity index (χ1n) is 7.31. The van der Waals surface area contributed by atoms with Gasteiger partial charge in [-0.25, -0.2) is 4.98 Å². The predicted molar refractivity (Wildman–Crippen MR) is 86.1 cm³/mol. The maximum atomic E-state index is 12.8. The van der Waals surface area contributed by atoms with Crippen LogP contribution in [-0.4, -0.2) is 45.9 Å². The van der Waals surface area contributed by atoms with Crippen molar-refractivity contribution in [2.24, 2.45) is 0 Å². The standard InChI is InChI=1S/C17H18N4O2/c1-20(15(12-23-2)13-7-3-5-9-18-13)17(22)14-11-21-10-6-4-8-16(21)19-14/h3-11,15H,12H2,1-2H3/t15-/m0/s1. The van der Waals surface area contributed by atoms with Crippen LogP contribution in [0.25, 0.3) is 5.65 Å². The minimum atomic E-state index is -0.265. The molecule has 0 bridgehead atoms. The van der Waals surface area contributed by atoms with Crippen molar-refractivity contribution in [1.29, 1.82) is 0 Å². The molecule has 3 aromatic heterocycles. The number of methoxy groups -OCH3 is 1. The molecule has 0 aliphatic heterocycles. The third-order valence-corrected chi connectivity index (χ3v) is 3.72. The third kappa shape index (κ3) is 3.07. The number of rotatable bonds is 5. The van der Waals surface area contributed by atoms with Gasteiger partial charge in [-0.1, -0.05) is 12.1 Å². The number of imidazole rings is 1. The van der Waals surface area contributed by atoms with Gasteiger partial charge in [-0.3, -0.25) is 9.78 Å². The first-order valence-corrected chi connectivity index (χ1v) is 7.31. The van der Waals surface area contributed by atoms with E-state index < -0.39 is 0 Å². The molecule has 0 saturated carbocycles. The summed E-state index contributed by atoms with van der Waals surface area (Å²) in [5.41, 5.74) is 1.93. The fraction of sp³-hybridized carbons (Fsp3) is 0.235. The molecule has 1 atom stereocenters. The van der Waals surface area contributed by atoms with Gasteiger partial charge in [-0.2, -0.15) is 0 Å². The summed E-state index contributed by atoms with van der Waals surface area (Å²) in [5.74, 6) is -0.165. The average molecular weight is 310 g/mol. The van der Waals surface area contributed by atoms with Gasteiger partial charge < -0.3 is 14.0 Å². The van der Waals surface area contributed by atoms with Gasteiger partial charge in [0, 0.05) is 32.7 Å². The van der Waals surface area contributed by atoms with Crippen molar-refractivity contribution in [2.75, 3.05) is 20.8 Å². The largest absolute Gasteiger partial charge is 0.382 e. The number of amides is 1. The molecule has 0 spiro atoms. The Labute approximate surface area is 134 Å². The summed E-state index contributed by atoms with van der Waals surface area (Å²) in [7, 11) is 3.35. The number of hydrogen-bond donors (Lipinski definition) is 0. The van der Waals surface area contributed by atoms with Crippen LogP contribution in [0.1, 0.15) is 22.2 Å². The van der Waals surface area contributed by atoms with Crippen LogP contribution in [0.4, 0.5) is 0 Å². The molecule has 0 saturated heterocycles. The molecule has 3 rings (SSSR count). The fourth-order valence-electron chi connectivity index (χ4n) is 2.49. The lowest BCUT2D eigenvalue weighted by atomic mass is 10.1. The third-order valence-electron chi connectivity index (χ3n) is 3.72. The van der Waals surface area contributed by atoms with Crippen molar-refractivity contribution in [3.8, 4) is 0 Å². The van der Waals surface area contributed by atoms with E-state index in [1.54, 1.807) is 31.5 Å². The van der Waals surface area contributed by atoms with Crippen molar-refractivity contribution < 1.29 is 9.53 Å². The summed E-state index contributed by atoms with van der Waals surface area (Å²) in [4.78, 5) is 23.1. The van der Waals surface area contributed by atoms with Crippen LogP contribution >= 0.6 is 0 Å². The maximum Gasteiger partial charge on any atom is 0.274 e. The first kappa shape index (κ1) is 15.2. The molecule has 0 fully saturated rings. The van der Waals surface area contributed by atoms with E-state index in [4.69, 9.17) is 4.74 Å². The SMILES string of the molecule is COC[C@@H](c1ccccn1)N(C)C(=O)c1cn2ccccc2n1. The van der Waals surface area contributed by atoms with Gasteiger partial charge in [0.15, 0.2) is 0 Å². The van der Waals surface area contributed by atoms with Crippen molar-refractivity contribution in [2.45, 2.75) is 6.04 Å². The van der Waals surface area contributed by atoms with E-state index in [1.165, 1.54) is 0 Å². The number of ether oxygens (including phenoxy) is 1. The Hall–Kier alpha value is -2.73. The van der Waals surface area contributed by atoms with Crippen LogP contribution in [0.15, 0.2) is 55.0 Å². The van der Waals surface area contributed by atoms with E-state index in [-0.39, 0.29) is 11.9 Å². The molecule has 0 aromatic carbocycles. The zero-order valence-electron chi connectivity index (χ0n) is 13.1. The zero-order valence-corrected chi connectivity index (χ0v) is 13.1. The van der Waals surface area contributed by atoms with Crippen LogP contribution < -0.4 is 0 Å². The molecular weight excluding hydrogens is 292 g/mol. The number of likely N-dealkylation sites (N-methyl/N-ethyl adjacent to an activating group) is 1. The minimum absolute atomic E-state index is 0.165. The molecule has 3 heterocycles. The number of carbonyl (C=O) groups excluding carboxylic acids is 1. The van der Waals surface area contributed by atoms with E-state index in [0.717, 1.165) is 11.3 Å². The molecule has 0 unspecified atom stereocenters. The van der Waals surface area contributed by atoms with E-state index in [2.05, 4.69) is 9.97 Å². The second kappa shape index (κ2) is 6.58. The predicted octanol–water partition coefficient (Wildman–Crippen LogP) is 2.19. The lowest BCUT2D eigenvalue weighted by Gasteiger charge is -2.26. The number of nitrogens with zero attached hydrogens (tertiary/aromatic N) is 4. The Morgan fingerprint density at radius 2 is 2.13 bits per heavy atom. The molecule has 1 amide bonds. The van der Waals surface area contributed by atoms with Crippen LogP contribution in [0.3, 0.4) is 0 Å². The van der Waals surface area contributed by atoms with Gasteiger partial charge in [0.05, 0.1) is 18.3 Å². The highest BCUT2D eigenvalue weighted by molar-refractivity contribution is 5.93. The van der Waals surface area contributed by atoms with Gasteiger partial charge in [0.2, 0.25) is 0 Å². The number of hydrogen-bond acceptors (Lipinski definition) is 4. The van der Waals surface area contributed by atoms with E-state index in [1.807, 2.05) is 47.0 Å². The van der Waals surface area contributed by atoms with E-state index in [9.17, 15) is 4.79 Å². The fourth-order valence-corrected chi connectivity index (χ4v) is 2.49. The summed E-state index contributed by atoms with van der Waals surface area (Å²) in [5, 5.41) is 0. The summed E-state index contributed by atoms with van der Waals surface area (Å²) >= 11 is 0. The quantitative estimate of drug-likeness (QED) is 0.725. The Balaban J connectivity index is 1.89. The molecule has 6 heteroatoms. The first-order chi connectivity index (χ1) is 11.2. The Kier molecular flexibility index (Phi) is 4.34. The summed E-state index contributed by atoms with van der Waals surface area (Å²) in [6, 6.07) is 11.0. The van der Waals surface area contributed by atoms with Crippen LogP contribution in [0, 0.1) is 0 Å². The molecule has 0 aliphatic rings. The Morgan fingerprint density at radius 3 is 2.83 bits per heavy atom. The van der Waals surface area contributed by atoms with Crippen molar-refractivity contribution in [3.05, 3.63) is 66.4 Å². The second-order valence-electron chi connectivity index (χ2n) is 5.23. The van der Waals surface area contributed by atoms with Crippen LogP contribution in [-0.2, 0) is 4.74 Å². The molecule has 0 N–H and O–H groups in total. The van der Waals surface area contributed by atoms with Crippen molar-refractivity contribution in [3.63, 3.8) is 0 Å². The molecule has 3 aromatic rings. The zero-order chi connectivity index (χ0) is 16.2. The smallest absolute Gasteiger partial charge is 0.274 e. The number of pyridine rings is 2. The number of carbonyl (C=O) groups is 1. The van der Waals surface area contributed by atoms with Gasteiger partial charge >= 0.3 is 0 Å². The van der Waals surface area contributed by atoms with E-state index in [0.29, 0.717) is 12.3 Å². The average Bonchev–Trinajstić information content (AvgIpc) is 3.03. The number of aromatic nitrogens is 3. The topological polar surface area (TPSA) is 59.7 Å². The van der Waals surface area contributed by atoms with Gasteiger partial charge in [-0.15, -0.1) is 0 Å². The lowest BCUT2D eigenvalue weighted by molar-refractivity contribution is 0.0590.